The second kappa shape index (κ2) is 11.0. The molecule has 2 N–H and O–H groups in total. The molecule has 8 heteroatoms. The number of hydrazone groups is 1. The Morgan fingerprint density at radius 1 is 1.03 bits per heavy atom. The first-order valence-electron chi connectivity index (χ1n) is 10.1. The van der Waals surface area contributed by atoms with E-state index in [4.69, 9.17) is 23.2 Å². The predicted molar refractivity (Wildman–Crippen MR) is 129 cm³/mol. The van der Waals surface area contributed by atoms with E-state index < -0.39 is 5.91 Å². The summed E-state index contributed by atoms with van der Waals surface area (Å²) < 4.78 is 1.97. The van der Waals surface area contributed by atoms with Crippen LogP contribution in [0.1, 0.15) is 28.9 Å². The van der Waals surface area contributed by atoms with Gasteiger partial charge in [-0.3, -0.25) is 9.59 Å². The summed E-state index contributed by atoms with van der Waals surface area (Å²) in [5.41, 5.74) is 6.94. The zero-order valence-electron chi connectivity index (χ0n) is 17.9. The van der Waals surface area contributed by atoms with E-state index in [2.05, 4.69) is 15.8 Å². The quantitative estimate of drug-likeness (QED) is 0.286. The van der Waals surface area contributed by atoms with Gasteiger partial charge in [-0.15, -0.1) is 0 Å². The third kappa shape index (κ3) is 5.99. The minimum absolute atomic E-state index is 0.288. The molecule has 0 saturated carbocycles. The van der Waals surface area contributed by atoms with Crippen molar-refractivity contribution >= 4 is 41.2 Å². The molecule has 0 aliphatic carbocycles. The highest BCUT2D eigenvalue weighted by atomic mass is 35.5. The number of nitrogens with zero attached hydrogens (tertiary/aromatic N) is 2. The fourth-order valence-electron chi connectivity index (χ4n) is 3.37. The molecule has 2 amide bonds. The van der Waals surface area contributed by atoms with Crippen molar-refractivity contribution in [3.05, 3.63) is 87.2 Å². The zero-order valence-corrected chi connectivity index (χ0v) is 19.4. The molecule has 0 radical (unpaired) electrons. The molecule has 6 nitrogen and oxygen atoms in total. The average molecular weight is 471 g/mol. The molecule has 1 aromatic heterocycles. The van der Waals surface area contributed by atoms with Crippen LogP contribution in [0.15, 0.2) is 59.7 Å². The van der Waals surface area contributed by atoms with Crippen LogP contribution in [-0.4, -0.2) is 29.1 Å². The Kier molecular flexibility index (Phi) is 8.09. The van der Waals surface area contributed by atoms with Crippen LogP contribution in [0.3, 0.4) is 0 Å². The smallest absolute Gasteiger partial charge is 0.249 e. The molecule has 0 atom stereocenters. The van der Waals surface area contributed by atoms with Gasteiger partial charge in [-0.25, -0.2) is 5.43 Å². The number of rotatable bonds is 8. The van der Waals surface area contributed by atoms with Crippen molar-refractivity contribution in [1.29, 1.82) is 0 Å². The number of hydrogen-bond acceptors (Lipinski definition) is 3. The van der Waals surface area contributed by atoms with Crippen LogP contribution in [-0.2, 0) is 16.0 Å². The SMILES string of the molecule is Cc1cc(/C=N/NC(=O)CC(=O)NCCc2ccccc2)c(C)n1-c1cccc(Cl)c1Cl. The Bertz CT molecular complexity index is 1140. The molecule has 3 rings (SSSR count). The van der Waals surface area contributed by atoms with Gasteiger partial charge in [0.25, 0.3) is 0 Å². The van der Waals surface area contributed by atoms with E-state index in [1.807, 2.05) is 66.9 Å². The van der Waals surface area contributed by atoms with Gasteiger partial charge in [-0.05, 0) is 44.0 Å². The van der Waals surface area contributed by atoms with Crippen LogP contribution in [0.4, 0.5) is 0 Å². The lowest BCUT2D eigenvalue weighted by atomic mass is 10.1. The molecule has 0 bridgehead atoms. The van der Waals surface area contributed by atoms with Crippen molar-refractivity contribution in [2.45, 2.75) is 26.7 Å². The Labute approximate surface area is 197 Å². The van der Waals surface area contributed by atoms with Crippen molar-refractivity contribution in [2.24, 2.45) is 5.10 Å². The maximum Gasteiger partial charge on any atom is 0.249 e. The summed E-state index contributed by atoms with van der Waals surface area (Å²) in [5, 5.41) is 7.67. The summed E-state index contributed by atoms with van der Waals surface area (Å²) in [6.07, 6.45) is 1.96. The molecule has 166 valence electrons. The number of carbonyl (C=O) groups excluding carboxylic acids is 2. The van der Waals surface area contributed by atoms with Gasteiger partial charge < -0.3 is 9.88 Å². The van der Waals surface area contributed by atoms with Gasteiger partial charge in [0.2, 0.25) is 11.8 Å². The maximum absolute atomic E-state index is 12.0. The molecule has 0 aliphatic rings. The molecular formula is C24H24Cl2N4O2. The van der Waals surface area contributed by atoms with Crippen molar-refractivity contribution in [3.8, 4) is 5.69 Å². The molecule has 0 saturated heterocycles. The van der Waals surface area contributed by atoms with E-state index in [-0.39, 0.29) is 12.3 Å². The highest BCUT2D eigenvalue weighted by molar-refractivity contribution is 6.43. The van der Waals surface area contributed by atoms with E-state index in [0.29, 0.717) is 23.0 Å². The van der Waals surface area contributed by atoms with Gasteiger partial charge >= 0.3 is 0 Å². The molecule has 0 unspecified atom stereocenters. The standard InChI is InChI=1S/C24H24Cl2N4O2/c1-16-13-19(17(2)30(16)21-10-6-9-20(25)24(21)26)15-28-29-23(32)14-22(31)27-12-11-18-7-4-3-5-8-18/h3-10,13,15H,11-12,14H2,1-2H3,(H,27,31)(H,29,32)/b28-15+. The molecule has 2 aromatic carbocycles. The fraction of sp³-hybridized carbons (Fsp3) is 0.208. The first-order chi connectivity index (χ1) is 15.4. The lowest BCUT2D eigenvalue weighted by molar-refractivity contribution is -0.129. The monoisotopic (exact) mass is 470 g/mol. The van der Waals surface area contributed by atoms with Gasteiger partial charge in [0.15, 0.2) is 0 Å². The van der Waals surface area contributed by atoms with Crippen molar-refractivity contribution in [1.82, 2.24) is 15.3 Å². The number of benzene rings is 2. The fourth-order valence-corrected chi connectivity index (χ4v) is 3.75. The van der Waals surface area contributed by atoms with E-state index in [1.54, 1.807) is 12.3 Å². The van der Waals surface area contributed by atoms with Crippen LogP contribution in [0.2, 0.25) is 10.0 Å². The number of aromatic nitrogens is 1. The number of carbonyl (C=O) groups is 2. The van der Waals surface area contributed by atoms with Crippen LogP contribution in [0.25, 0.3) is 5.69 Å². The summed E-state index contributed by atoms with van der Waals surface area (Å²) in [7, 11) is 0. The topological polar surface area (TPSA) is 75.5 Å². The van der Waals surface area contributed by atoms with Crippen LogP contribution < -0.4 is 10.7 Å². The molecule has 0 spiro atoms. The van der Waals surface area contributed by atoms with Gasteiger partial charge in [-0.1, -0.05) is 59.6 Å². The minimum atomic E-state index is -0.481. The Balaban J connectivity index is 1.54. The van der Waals surface area contributed by atoms with Crippen molar-refractivity contribution in [3.63, 3.8) is 0 Å². The summed E-state index contributed by atoms with van der Waals surface area (Å²) in [6, 6.07) is 17.2. The molecular weight excluding hydrogens is 447 g/mol. The third-order valence-corrected chi connectivity index (χ3v) is 5.74. The third-order valence-electron chi connectivity index (χ3n) is 4.94. The molecule has 3 aromatic rings. The van der Waals surface area contributed by atoms with E-state index >= 15 is 0 Å². The van der Waals surface area contributed by atoms with Crippen LogP contribution in [0.5, 0.6) is 0 Å². The van der Waals surface area contributed by atoms with Gasteiger partial charge in [0, 0.05) is 23.5 Å². The second-order valence-electron chi connectivity index (χ2n) is 7.29. The normalized spacial score (nSPS) is 11.0. The lowest BCUT2D eigenvalue weighted by Gasteiger charge is -2.12. The highest BCUT2D eigenvalue weighted by Crippen LogP contribution is 2.31. The molecule has 0 fully saturated rings. The summed E-state index contributed by atoms with van der Waals surface area (Å²) in [6.45, 7) is 4.34. The minimum Gasteiger partial charge on any atom is -0.355 e. The average Bonchev–Trinajstić information content (AvgIpc) is 3.04. The summed E-state index contributed by atoms with van der Waals surface area (Å²) in [4.78, 5) is 24.0. The van der Waals surface area contributed by atoms with Crippen molar-refractivity contribution < 1.29 is 9.59 Å². The van der Waals surface area contributed by atoms with E-state index in [1.165, 1.54) is 0 Å². The van der Waals surface area contributed by atoms with Gasteiger partial charge in [0.1, 0.15) is 6.42 Å². The maximum atomic E-state index is 12.0. The number of amides is 2. The number of hydrogen-bond donors (Lipinski definition) is 2. The Hall–Kier alpha value is -3.09. The van der Waals surface area contributed by atoms with E-state index in [0.717, 1.165) is 28.2 Å². The van der Waals surface area contributed by atoms with Crippen molar-refractivity contribution in [2.75, 3.05) is 6.54 Å². The van der Waals surface area contributed by atoms with Crippen LogP contribution >= 0.6 is 23.2 Å². The Morgan fingerprint density at radius 2 is 1.78 bits per heavy atom. The zero-order chi connectivity index (χ0) is 23.1. The summed E-state index contributed by atoms with van der Waals surface area (Å²) in [5.74, 6) is -0.826. The van der Waals surface area contributed by atoms with Gasteiger partial charge in [0.05, 0.1) is 21.9 Å². The first-order valence-corrected chi connectivity index (χ1v) is 10.9. The predicted octanol–water partition coefficient (Wildman–Crippen LogP) is 4.60. The largest absolute Gasteiger partial charge is 0.355 e. The molecule has 1 heterocycles. The second-order valence-corrected chi connectivity index (χ2v) is 8.08. The Morgan fingerprint density at radius 3 is 2.53 bits per heavy atom. The molecule has 32 heavy (non-hydrogen) atoms. The number of aryl methyl sites for hydroxylation is 1. The van der Waals surface area contributed by atoms with Crippen LogP contribution in [0, 0.1) is 13.8 Å². The lowest BCUT2D eigenvalue weighted by Crippen LogP contribution is -2.31. The number of nitrogens with one attached hydrogen (secondary N) is 2. The van der Waals surface area contributed by atoms with Gasteiger partial charge in [-0.2, -0.15) is 5.10 Å². The first kappa shape index (κ1) is 23.6. The summed E-state index contributed by atoms with van der Waals surface area (Å²) >= 11 is 12.5. The number of halogens is 2. The molecule has 0 aliphatic heterocycles. The van der Waals surface area contributed by atoms with E-state index in [9.17, 15) is 9.59 Å². The highest BCUT2D eigenvalue weighted by Gasteiger charge is 2.14.